The van der Waals surface area contributed by atoms with Gasteiger partial charge < -0.3 is 29.5 Å². The average molecular weight is 901 g/mol. The quantitative estimate of drug-likeness (QED) is 0.166. The number of esters is 3. The first-order chi connectivity index (χ1) is 32.0. The van der Waals surface area contributed by atoms with Crippen molar-refractivity contribution in [3.8, 4) is 23.0 Å². The molecule has 0 radical (unpaired) electrons. The number of hydrogen-bond acceptors (Lipinski definition) is 15. The molecule has 66 heavy (non-hydrogen) atoms. The molecule has 3 aliphatic carbocycles. The number of carbonyl (C=O) groups excluding carboxylic acids is 3. The number of aromatic hydroxyl groups is 3. The number of benzene rings is 3. The maximum atomic E-state index is 12.5. The number of nitrogens with zero attached hydrogens (tertiary/aromatic N) is 6. The molecule has 6 bridgehead atoms. The van der Waals surface area contributed by atoms with Crippen molar-refractivity contribution < 1.29 is 43.9 Å². The van der Waals surface area contributed by atoms with Gasteiger partial charge in [-0.1, -0.05) is 45.4 Å². The molecule has 348 valence electrons. The van der Waals surface area contributed by atoms with Crippen LogP contribution in [-0.2, 0) is 36.7 Å². The molecule has 0 spiro atoms. The van der Waals surface area contributed by atoms with Gasteiger partial charge in [0.05, 0.1) is 63.3 Å². The van der Waals surface area contributed by atoms with Gasteiger partial charge in [0.1, 0.15) is 23.0 Å². The van der Waals surface area contributed by atoms with Gasteiger partial charge in [0, 0.05) is 77.1 Å². The van der Waals surface area contributed by atoms with E-state index in [0.717, 1.165) is 77.0 Å². The molecule has 1 heterocycles. The van der Waals surface area contributed by atoms with E-state index in [9.17, 15) is 29.7 Å². The van der Waals surface area contributed by atoms with Crippen molar-refractivity contribution in [2.45, 2.75) is 139 Å². The lowest BCUT2D eigenvalue weighted by Crippen LogP contribution is -2.27. The van der Waals surface area contributed by atoms with Crippen molar-refractivity contribution in [3.63, 3.8) is 0 Å². The highest BCUT2D eigenvalue weighted by molar-refractivity contribution is 5.95. The van der Waals surface area contributed by atoms with Crippen LogP contribution in [0.4, 0.5) is 0 Å². The summed E-state index contributed by atoms with van der Waals surface area (Å²) in [5.74, 6) is -1.23. The average Bonchev–Trinajstić information content (AvgIpc) is 3.33. The normalized spacial score (nSPS) is 26.0. The number of phenols is 3. The third-order valence-corrected chi connectivity index (χ3v) is 12.8. The van der Waals surface area contributed by atoms with E-state index in [0.29, 0.717) is 44.5 Å². The van der Waals surface area contributed by atoms with Crippen molar-refractivity contribution in [3.05, 3.63) is 80.9 Å². The first-order valence-corrected chi connectivity index (χ1v) is 23.1. The van der Waals surface area contributed by atoms with Crippen molar-refractivity contribution >= 4 is 55.2 Å². The van der Waals surface area contributed by atoms with Crippen molar-refractivity contribution in [2.24, 2.45) is 30.0 Å². The van der Waals surface area contributed by atoms with E-state index in [-0.39, 0.29) is 78.5 Å². The highest BCUT2D eigenvalue weighted by atomic mass is 16.5. The lowest BCUT2D eigenvalue weighted by molar-refractivity contribution is -0.140. The van der Waals surface area contributed by atoms with E-state index in [1.165, 1.54) is 14.2 Å². The zero-order valence-corrected chi connectivity index (χ0v) is 38.0. The van der Waals surface area contributed by atoms with Gasteiger partial charge >= 0.3 is 17.9 Å². The lowest BCUT2D eigenvalue weighted by Gasteiger charge is -2.26. The second-order valence-electron chi connectivity index (χ2n) is 17.5. The Labute approximate surface area is 385 Å². The minimum absolute atomic E-state index is 0.0273. The van der Waals surface area contributed by atoms with Gasteiger partial charge in [-0.3, -0.25) is 44.3 Å². The Hall–Kier alpha value is -6.51. The van der Waals surface area contributed by atoms with Crippen LogP contribution in [0.1, 0.15) is 135 Å². The Morgan fingerprint density at radius 3 is 0.955 bits per heavy atom. The fourth-order valence-corrected chi connectivity index (χ4v) is 9.05. The van der Waals surface area contributed by atoms with Crippen LogP contribution in [0.5, 0.6) is 23.0 Å². The van der Waals surface area contributed by atoms with Crippen molar-refractivity contribution in [1.29, 1.82) is 0 Å². The standard InChI is InChI=1S/C51H60N6O9/c1-4-46(58)66-39-23-37-29-56-44-15-9-7-13-42(44)54-27-35-19-31(21-47(59)64-2)17-33(49(35)61)25-52-40-11-5-6-12-41(40)53-26-34-18-32(22-48(60)65-3)20-36(50(34)62)28-55-43-14-8-10-16-45(43)57-30-38(24-39)51(37)63/h17-20,23-30,40-45,61-63H,4-16,21-22H2,1-3H3/b52-25+,53-26+,54-27+,55-28+,56-29+,57-30+. The second-order valence-corrected chi connectivity index (χ2v) is 17.5. The molecule has 0 amide bonds. The van der Waals surface area contributed by atoms with Crippen LogP contribution in [0.15, 0.2) is 66.4 Å². The molecule has 15 heteroatoms. The lowest BCUT2D eigenvalue weighted by atomic mass is 9.91. The van der Waals surface area contributed by atoms with Crippen LogP contribution in [0.2, 0.25) is 0 Å². The largest absolute Gasteiger partial charge is 0.507 e. The predicted octanol–water partition coefficient (Wildman–Crippen LogP) is 7.41. The number of methoxy groups -OCH3 is 2. The van der Waals surface area contributed by atoms with E-state index in [4.69, 9.17) is 44.2 Å². The van der Waals surface area contributed by atoms with Gasteiger partial charge in [0.15, 0.2) is 0 Å². The van der Waals surface area contributed by atoms with Crippen molar-refractivity contribution in [2.75, 3.05) is 14.2 Å². The summed E-state index contributed by atoms with van der Waals surface area (Å²) in [5.41, 5.74) is 3.58. The van der Waals surface area contributed by atoms with Gasteiger partial charge in [-0.25, -0.2) is 0 Å². The van der Waals surface area contributed by atoms with E-state index in [1.807, 2.05) is 0 Å². The van der Waals surface area contributed by atoms with Crippen LogP contribution in [0, 0.1) is 0 Å². The molecular weight excluding hydrogens is 841 g/mol. The SMILES string of the molecule is CCC(=O)Oc1cc2c(O)c(c1)/C=N/C1CCCCC1/N=C/c1cc(CC(=O)OC)cc(c1O)/C=N/C1CCCCC1/N=C/c1cc(CC(=O)OC)cc(c1O)/C=N/C1CCCCC1/N=C/2. The Kier molecular flexibility index (Phi) is 16.2. The molecule has 3 N–H and O–H groups in total. The summed E-state index contributed by atoms with van der Waals surface area (Å²) in [4.78, 5) is 67.2. The monoisotopic (exact) mass is 900 g/mol. The van der Waals surface area contributed by atoms with Crippen LogP contribution in [0.3, 0.4) is 0 Å². The number of rotatable bonds is 6. The van der Waals surface area contributed by atoms with E-state index in [1.54, 1.807) is 80.6 Å². The Bertz CT molecular complexity index is 2050. The molecule has 3 aromatic carbocycles. The minimum atomic E-state index is -0.436. The summed E-state index contributed by atoms with van der Waals surface area (Å²) in [7, 11) is 2.66. The summed E-state index contributed by atoms with van der Waals surface area (Å²) >= 11 is 0. The number of phenolic OH excluding ortho intramolecular Hbond substituents is 3. The topological polar surface area (TPSA) is 214 Å². The molecule has 6 atom stereocenters. The summed E-state index contributed by atoms with van der Waals surface area (Å²) in [6.45, 7) is 1.70. The third kappa shape index (κ3) is 12.2. The molecule has 1 aliphatic heterocycles. The zero-order valence-electron chi connectivity index (χ0n) is 38.0. The fourth-order valence-electron chi connectivity index (χ4n) is 9.05. The Morgan fingerprint density at radius 2 is 0.712 bits per heavy atom. The first kappa shape index (κ1) is 47.5. The fraction of sp³-hybridized carbons (Fsp3) is 0.471. The molecule has 0 aromatic heterocycles. The van der Waals surface area contributed by atoms with Crippen LogP contribution in [0.25, 0.3) is 0 Å². The molecule has 3 saturated carbocycles. The maximum absolute atomic E-state index is 12.5. The van der Waals surface area contributed by atoms with E-state index >= 15 is 0 Å². The van der Waals surface area contributed by atoms with E-state index < -0.39 is 17.9 Å². The van der Waals surface area contributed by atoms with Gasteiger partial charge in [-0.2, -0.15) is 0 Å². The van der Waals surface area contributed by atoms with Crippen LogP contribution >= 0.6 is 0 Å². The van der Waals surface area contributed by atoms with Crippen LogP contribution in [-0.4, -0.2) is 121 Å². The number of carbonyl (C=O) groups is 3. The van der Waals surface area contributed by atoms with Gasteiger partial charge in [0.2, 0.25) is 0 Å². The zero-order chi connectivity index (χ0) is 46.6. The number of ether oxygens (including phenoxy) is 3. The highest BCUT2D eigenvalue weighted by Gasteiger charge is 2.27. The summed E-state index contributed by atoms with van der Waals surface area (Å²) in [5, 5.41) is 35.0. The predicted molar refractivity (Wildman–Crippen MR) is 255 cm³/mol. The summed E-state index contributed by atoms with van der Waals surface area (Å²) in [6, 6.07) is 8.58. The molecule has 3 fully saturated rings. The smallest absolute Gasteiger partial charge is 0.310 e. The molecule has 7 rings (SSSR count). The molecule has 6 unspecified atom stereocenters. The van der Waals surface area contributed by atoms with Gasteiger partial charge in [-0.15, -0.1) is 0 Å². The molecular formula is C51H60N6O9. The maximum Gasteiger partial charge on any atom is 0.310 e. The number of aliphatic imine (C=N–C) groups is 6. The van der Waals surface area contributed by atoms with Gasteiger partial charge in [0.25, 0.3) is 0 Å². The summed E-state index contributed by atoms with van der Waals surface area (Å²) < 4.78 is 15.6. The van der Waals surface area contributed by atoms with Gasteiger partial charge in [-0.05, 0) is 86.1 Å². The molecule has 0 saturated heterocycles. The van der Waals surface area contributed by atoms with Crippen molar-refractivity contribution in [1.82, 2.24) is 0 Å². The highest BCUT2D eigenvalue weighted by Crippen LogP contribution is 2.33. The summed E-state index contributed by atoms with van der Waals surface area (Å²) in [6.07, 6.45) is 19.9. The molecule has 15 nitrogen and oxygen atoms in total. The third-order valence-electron chi connectivity index (χ3n) is 12.8. The first-order valence-electron chi connectivity index (χ1n) is 23.1. The number of fused-ring (bicyclic) bond motifs is 9. The molecule has 4 aliphatic rings. The Balaban J connectivity index is 1.35. The Morgan fingerprint density at radius 1 is 0.455 bits per heavy atom. The minimum Gasteiger partial charge on any atom is -0.507 e. The second kappa shape index (κ2) is 22.6. The van der Waals surface area contributed by atoms with Crippen LogP contribution < -0.4 is 4.74 Å². The molecule has 3 aromatic rings. The number of hydrogen-bond donors (Lipinski definition) is 3. The van der Waals surface area contributed by atoms with E-state index in [2.05, 4.69) is 0 Å².